The number of rotatable bonds is 28. The molecule has 0 aromatic heterocycles. The van der Waals surface area contributed by atoms with Crippen molar-refractivity contribution in [3.63, 3.8) is 0 Å². The first-order valence-electron chi connectivity index (χ1n) is 17.1. The molecule has 0 aliphatic carbocycles. The summed E-state index contributed by atoms with van der Waals surface area (Å²) < 4.78 is 0. The van der Waals surface area contributed by atoms with Crippen LogP contribution in [0.5, 0.6) is 0 Å². The minimum absolute atomic E-state index is 0.117. The molecule has 11 amide bonds. The van der Waals surface area contributed by atoms with Gasteiger partial charge in [0.25, 0.3) is 0 Å². The molecule has 26 heteroatoms. The molecule has 6 atom stereocenters. The summed E-state index contributed by atoms with van der Waals surface area (Å²) in [6, 6.07) is -8.60. The van der Waals surface area contributed by atoms with Crippen LogP contribution in [0.25, 0.3) is 0 Å². The first-order valence-corrected chi connectivity index (χ1v) is 17.1. The fraction of sp³-hybridized carbons (Fsp3) is 0.633. The van der Waals surface area contributed by atoms with E-state index in [1.807, 2.05) is 0 Å². The lowest BCUT2D eigenvalue weighted by Crippen LogP contribution is -2.59. The number of amides is 11. The lowest BCUT2D eigenvalue weighted by molar-refractivity contribution is -0.135. The third kappa shape index (κ3) is 21.0. The SMILES string of the molecule is C[C@H](N)C(=O)N[C@@H](CCCCN)C(=O)N[C@@H](CO)C(=O)N[C@@H](CCC(N)=O)C(=O)NCC(=O)NCC(=O)N[C@@H](CO)C(=O)N[C@@H](CC(N)=O)C(=O)NCC(N)=O. The number of aliphatic hydroxyl groups excluding tert-OH is 2. The minimum atomic E-state index is -1.70. The Bertz CT molecular complexity index is 1430. The Kier molecular flexibility index (Phi) is 23.9. The topological polar surface area (TPSA) is 455 Å². The molecule has 0 radical (unpaired) electrons. The van der Waals surface area contributed by atoms with Crippen LogP contribution in [0.1, 0.15) is 45.4 Å². The molecular formula is C30H53N13O13. The van der Waals surface area contributed by atoms with Crippen molar-refractivity contribution in [2.45, 2.75) is 81.7 Å². The van der Waals surface area contributed by atoms with Crippen molar-refractivity contribution in [3.05, 3.63) is 0 Å². The molecule has 0 rings (SSSR count). The number of hydrogen-bond acceptors (Lipinski definition) is 15. The maximum atomic E-state index is 13.0. The average molecular weight is 804 g/mol. The van der Waals surface area contributed by atoms with E-state index >= 15 is 0 Å². The van der Waals surface area contributed by atoms with Crippen LogP contribution in [0.15, 0.2) is 0 Å². The van der Waals surface area contributed by atoms with Gasteiger partial charge < -0.3 is 81.4 Å². The molecule has 0 spiro atoms. The molecule has 0 heterocycles. The molecule has 0 bridgehead atoms. The van der Waals surface area contributed by atoms with E-state index in [1.54, 1.807) is 0 Å². The lowest BCUT2D eigenvalue weighted by Gasteiger charge is -2.24. The first-order chi connectivity index (χ1) is 26.2. The van der Waals surface area contributed by atoms with Crippen molar-refractivity contribution in [2.75, 3.05) is 39.4 Å². The largest absolute Gasteiger partial charge is 0.394 e. The zero-order valence-electron chi connectivity index (χ0n) is 30.7. The summed E-state index contributed by atoms with van der Waals surface area (Å²) in [5.41, 5.74) is 26.3. The molecule has 20 N–H and O–H groups in total. The summed E-state index contributed by atoms with van der Waals surface area (Å²) in [5, 5.41) is 36.9. The highest BCUT2D eigenvalue weighted by Crippen LogP contribution is 2.04. The molecule has 0 saturated heterocycles. The van der Waals surface area contributed by atoms with Crippen molar-refractivity contribution in [1.82, 2.24) is 42.5 Å². The molecule has 0 aromatic rings. The highest BCUT2D eigenvalue weighted by molar-refractivity contribution is 5.97. The van der Waals surface area contributed by atoms with Gasteiger partial charge in [0, 0.05) is 6.42 Å². The number of primary amides is 3. The first kappa shape index (κ1) is 50.0. The molecule has 0 aliphatic heterocycles. The van der Waals surface area contributed by atoms with Gasteiger partial charge in [0.1, 0.15) is 30.2 Å². The lowest BCUT2D eigenvalue weighted by atomic mass is 10.1. The zero-order chi connectivity index (χ0) is 43.0. The third-order valence-electron chi connectivity index (χ3n) is 7.30. The second-order valence-corrected chi connectivity index (χ2v) is 12.2. The van der Waals surface area contributed by atoms with Gasteiger partial charge in [-0.25, -0.2) is 0 Å². The fourth-order valence-electron chi connectivity index (χ4n) is 4.31. The van der Waals surface area contributed by atoms with E-state index in [9.17, 15) is 63.0 Å². The maximum Gasteiger partial charge on any atom is 0.245 e. The monoisotopic (exact) mass is 803 g/mol. The molecular weight excluding hydrogens is 750 g/mol. The van der Waals surface area contributed by atoms with Crippen LogP contribution < -0.4 is 71.2 Å². The molecule has 316 valence electrons. The summed E-state index contributed by atoms with van der Waals surface area (Å²) in [4.78, 5) is 134. The number of carbonyl (C=O) groups excluding carboxylic acids is 11. The number of nitrogens with one attached hydrogen (secondary N) is 8. The van der Waals surface area contributed by atoms with Gasteiger partial charge in [-0.2, -0.15) is 0 Å². The van der Waals surface area contributed by atoms with Crippen LogP contribution in [-0.4, -0.2) is 151 Å². The van der Waals surface area contributed by atoms with E-state index in [1.165, 1.54) is 6.92 Å². The van der Waals surface area contributed by atoms with E-state index in [0.29, 0.717) is 19.4 Å². The van der Waals surface area contributed by atoms with Gasteiger partial charge in [-0.1, -0.05) is 0 Å². The van der Waals surface area contributed by atoms with E-state index < -0.39 is 147 Å². The summed E-state index contributed by atoms with van der Waals surface area (Å²) in [6.45, 7) is -2.50. The Labute approximate surface area is 320 Å². The maximum absolute atomic E-state index is 13.0. The molecule has 56 heavy (non-hydrogen) atoms. The normalized spacial score (nSPS) is 13.8. The number of nitrogens with two attached hydrogens (primary N) is 5. The van der Waals surface area contributed by atoms with E-state index in [-0.39, 0.29) is 12.8 Å². The summed E-state index contributed by atoms with van der Waals surface area (Å²) in [7, 11) is 0. The second-order valence-electron chi connectivity index (χ2n) is 12.2. The Morgan fingerprint density at radius 3 is 1.48 bits per heavy atom. The molecule has 26 nitrogen and oxygen atoms in total. The second kappa shape index (κ2) is 26.7. The standard InChI is InChI=1S/C30H53N13O13/c1-14(32)25(51)40-15(4-2-3-7-31)28(54)43-19(13-45)30(56)41-16(5-6-20(33)46)26(52)38-10-23(49)36-11-24(50)39-18(12-44)29(55)42-17(8-21(34)47)27(53)37-9-22(35)48/h14-19,44-45H,2-13,31-32H2,1H3,(H2,33,46)(H2,34,47)(H2,35,48)(H,36,49)(H,37,53)(H,38,52)(H,39,50)(H,40,51)(H,41,56)(H,42,55)(H,43,54)/t14-,15-,16-,17-,18-,19-/m0/s1. The van der Waals surface area contributed by atoms with Gasteiger partial charge in [0.2, 0.25) is 65.0 Å². The Balaban J connectivity index is 5.39. The van der Waals surface area contributed by atoms with Crippen molar-refractivity contribution in [3.8, 4) is 0 Å². The van der Waals surface area contributed by atoms with E-state index in [0.717, 1.165) is 0 Å². The summed E-state index contributed by atoms with van der Waals surface area (Å²) in [5.74, 6) is -10.6. The van der Waals surface area contributed by atoms with Crippen LogP contribution in [-0.2, 0) is 52.7 Å². The van der Waals surface area contributed by atoms with Crippen molar-refractivity contribution >= 4 is 65.0 Å². The van der Waals surface area contributed by atoms with Gasteiger partial charge in [-0.3, -0.25) is 52.7 Å². The Hall–Kier alpha value is -5.99. The van der Waals surface area contributed by atoms with Crippen molar-refractivity contribution in [1.29, 1.82) is 0 Å². The van der Waals surface area contributed by atoms with Gasteiger partial charge in [0.15, 0.2) is 0 Å². The Morgan fingerprint density at radius 2 is 0.964 bits per heavy atom. The summed E-state index contributed by atoms with van der Waals surface area (Å²) >= 11 is 0. The number of unbranched alkanes of at least 4 members (excludes halogenated alkanes) is 1. The van der Waals surface area contributed by atoms with Crippen molar-refractivity contribution in [2.24, 2.45) is 28.7 Å². The fourth-order valence-corrected chi connectivity index (χ4v) is 4.31. The van der Waals surface area contributed by atoms with Crippen LogP contribution >= 0.6 is 0 Å². The van der Waals surface area contributed by atoms with Crippen molar-refractivity contribution < 1.29 is 63.0 Å². The van der Waals surface area contributed by atoms with Crippen LogP contribution in [0.4, 0.5) is 0 Å². The van der Waals surface area contributed by atoms with Gasteiger partial charge in [-0.15, -0.1) is 0 Å². The van der Waals surface area contributed by atoms with Gasteiger partial charge in [-0.05, 0) is 39.2 Å². The zero-order valence-corrected chi connectivity index (χ0v) is 30.7. The highest BCUT2D eigenvalue weighted by atomic mass is 16.3. The number of carbonyl (C=O) groups is 11. The van der Waals surface area contributed by atoms with Crippen LogP contribution in [0.2, 0.25) is 0 Å². The highest BCUT2D eigenvalue weighted by Gasteiger charge is 2.31. The molecule has 0 aliphatic rings. The predicted octanol–water partition coefficient (Wildman–Crippen LogP) is -10.2. The number of hydrogen-bond donors (Lipinski definition) is 15. The quantitative estimate of drug-likeness (QED) is 0.0327. The van der Waals surface area contributed by atoms with E-state index in [4.69, 9.17) is 28.7 Å². The third-order valence-corrected chi connectivity index (χ3v) is 7.30. The van der Waals surface area contributed by atoms with Crippen LogP contribution in [0, 0.1) is 0 Å². The smallest absolute Gasteiger partial charge is 0.245 e. The van der Waals surface area contributed by atoms with E-state index in [2.05, 4.69) is 42.5 Å². The predicted molar refractivity (Wildman–Crippen MR) is 191 cm³/mol. The summed E-state index contributed by atoms with van der Waals surface area (Å²) in [6.07, 6.45) is -0.478. The minimum Gasteiger partial charge on any atom is -0.394 e. The molecule has 0 fully saturated rings. The van der Waals surface area contributed by atoms with Gasteiger partial charge >= 0.3 is 0 Å². The molecule has 0 unspecified atom stereocenters. The number of aliphatic hydroxyl groups is 2. The average Bonchev–Trinajstić information content (AvgIpc) is 3.13. The molecule has 0 saturated carbocycles. The molecule has 0 aromatic carbocycles. The Morgan fingerprint density at radius 1 is 0.500 bits per heavy atom. The van der Waals surface area contributed by atoms with Crippen LogP contribution in [0.3, 0.4) is 0 Å². The van der Waals surface area contributed by atoms with Gasteiger partial charge in [0.05, 0.1) is 45.3 Å².